The van der Waals surface area contributed by atoms with Gasteiger partial charge in [-0.1, -0.05) is 6.92 Å². The molecule has 1 atom stereocenters. The Bertz CT molecular complexity index is 439. The molecule has 1 unspecified atom stereocenters. The molecule has 1 aromatic rings. The molecular weight excluding hydrogens is 238 g/mol. The maximum absolute atomic E-state index is 11.2. The summed E-state index contributed by atoms with van der Waals surface area (Å²) in [6.45, 7) is 2.95. The molecule has 5 nitrogen and oxygen atoms in total. The van der Waals surface area contributed by atoms with Gasteiger partial charge in [-0.2, -0.15) is 5.10 Å². The van der Waals surface area contributed by atoms with Crippen molar-refractivity contribution < 1.29 is 8.42 Å². The third-order valence-electron chi connectivity index (χ3n) is 2.51. The second kappa shape index (κ2) is 6.16. The second-order valence-corrected chi connectivity index (χ2v) is 6.60. The number of hydrogen-bond donors (Lipinski definition) is 1. The van der Waals surface area contributed by atoms with Crippen LogP contribution in [0.5, 0.6) is 0 Å². The molecule has 0 bridgehead atoms. The summed E-state index contributed by atoms with van der Waals surface area (Å²) in [5.41, 5.74) is 0.907. The maximum Gasteiger partial charge on any atom is 0.147 e. The zero-order valence-corrected chi connectivity index (χ0v) is 11.5. The molecule has 0 aromatic carbocycles. The summed E-state index contributed by atoms with van der Waals surface area (Å²) in [4.78, 5) is 0. The summed E-state index contributed by atoms with van der Waals surface area (Å²) >= 11 is 0. The first-order valence-corrected chi connectivity index (χ1v) is 7.89. The van der Waals surface area contributed by atoms with Gasteiger partial charge in [0.05, 0.1) is 17.5 Å². The Balaban J connectivity index is 2.67. The van der Waals surface area contributed by atoms with E-state index in [1.165, 1.54) is 6.26 Å². The van der Waals surface area contributed by atoms with Crippen molar-refractivity contribution in [3.05, 3.63) is 18.0 Å². The Hall–Kier alpha value is -0.880. The Kier molecular flexibility index (Phi) is 5.14. The van der Waals surface area contributed by atoms with Gasteiger partial charge in [0.15, 0.2) is 0 Å². The number of nitrogens with one attached hydrogen (secondary N) is 1. The van der Waals surface area contributed by atoms with Gasteiger partial charge in [0, 0.05) is 19.5 Å². The van der Waals surface area contributed by atoms with Crippen LogP contribution in [0.15, 0.2) is 12.3 Å². The summed E-state index contributed by atoms with van der Waals surface area (Å²) < 4.78 is 24.1. The van der Waals surface area contributed by atoms with Crippen molar-refractivity contribution in [1.82, 2.24) is 15.1 Å². The lowest BCUT2D eigenvalue weighted by Gasteiger charge is -2.15. The lowest BCUT2D eigenvalue weighted by molar-refractivity contribution is 0.497. The molecule has 1 rings (SSSR count). The van der Waals surface area contributed by atoms with Crippen molar-refractivity contribution in [2.75, 3.05) is 18.6 Å². The van der Waals surface area contributed by atoms with E-state index in [0.29, 0.717) is 6.42 Å². The first-order chi connectivity index (χ1) is 7.92. The van der Waals surface area contributed by atoms with Gasteiger partial charge < -0.3 is 5.32 Å². The van der Waals surface area contributed by atoms with Crippen LogP contribution >= 0.6 is 0 Å². The van der Waals surface area contributed by atoms with E-state index in [-0.39, 0.29) is 11.8 Å². The average Bonchev–Trinajstić information content (AvgIpc) is 2.63. The van der Waals surface area contributed by atoms with E-state index in [4.69, 9.17) is 0 Å². The van der Waals surface area contributed by atoms with Crippen LogP contribution < -0.4 is 5.32 Å². The van der Waals surface area contributed by atoms with Crippen molar-refractivity contribution in [1.29, 1.82) is 0 Å². The first-order valence-electron chi connectivity index (χ1n) is 5.83. The summed E-state index contributed by atoms with van der Waals surface area (Å²) in [6, 6.07) is 1.95. The molecule has 0 saturated heterocycles. The van der Waals surface area contributed by atoms with Crippen LogP contribution in [0.3, 0.4) is 0 Å². The number of sulfone groups is 1. The van der Waals surface area contributed by atoms with Crippen molar-refractivity contribution >= 4 is 9.84 Å². The molecule has 1 aromatic heterocycles. The number of nitrogens with zero attached hydrogens (tertiary/aromatic N) is 2. The lowest BCUT2D eigenvalue weighted by Crippen LogP contribution is -2.25. The largest absolute Gasteiger partial charge is 0.309 e. The zero-order valence-electron chi connectivity index (χ0n) is 10.7. The van der Waals surface area contributed by atoms with E-state index in [1.54, 1.807) is 4.68 Å². The molecule has 0 saturated carbocycles. The fraction of sp³-hybridized carbons (Fsp3) is 0.727. The van der Waals surface area contributed by atoms with E-state index in [2.05, 4.69) is 17.3 Å². The van der Waals surface area contributed by atoms with Crippen molar-refractivity contribution in [3.63, 3.8) is 0 Å². The van der Waals surface area contributed by atoms with E-state index in [0.717, 1.165) is 18.7 Å². The van der Waals surface area contributed by atoms with Crippen LogP contribution in [-0.2, 0) is 16.9 Å². The normalized spacial score (nSPS) is 13.8. The highest BCUT2D eigenvalue weighted by Crippen LogP contribution is 2.15. The molecular formula is C11H21N3O2S. The van der Waals surface area contributed by atoms with Crippen molar-refractivity contribution in [2.45, 2.75) is 25.8 Å². The standard InChI is InChI=1S/C11H21N3O2S/c1-4-7-12-10(6-9-17(3,15)16)11-5-8-14(2)13-11/h5,8,10,12H,4,6-7,9H2,1-3H3. The molecule has 98 valence electrons. The van der Waals surface area contributed by atoms with E-state index >= 15 is 0 Å². The molecule has 0 spiro atoms. The summed E-state index contributed by atoms with van der Waals surface area (Å²) in [5, 5.41) is 7.66. The molecule has 17 heavy (non-hydrogen) atoms. The highest BCUT2D eigenvalue weighted by atomic mass is 32.2. The van der Waals surface area contributed by atoms with Gasteiger partial charge in [0.25, 0.3) is 0 Å². The van der Waals surface area contributed by atoms with E-state index in [9.17, 15) is 8.42 Å². The van der Waals surface area contributed by atoms with Crippen LogP contribution in [0.1, 0.15) is 31.5 Å². The number of aryl methyl sites for hydroxylation is 1. The average molecular weight is 259 g/mol. The molecule has 0 fully saturated rings. The Morgan fingerprint density at radius 1 is 1.53 bits per heavy atom. The molecule has 1 N–H and O–H groups in total. The fourth-order valence-electron chi connectivity index (χ4n) is 1.62. The number of hydrogen-bond acceptors (Lipinski definition) is 4. The van der Waals surface area contributed by atoms with Gasteiger partial charge in [-0.05, 0) is 25.5 Å². The Morgan fingerprint density at radius 3 is 2.71 bits per heavy atom. The lowest BCUT2D eigenvalue weighted by atomic mass is 10.1. The molecule has 0 aliphatic rings. The minimum absolute atomic E-state index is 0.0193. The van der Waals surface area contributed by atoms with Gasteiger partial charge >= 0.3 is 0 Å². The fourth-order valence-corrected chi connectivity index (χ4v) is 2.29. The molecule has 0 radical (unpaired) electrons. The topological polar surface area (TPSA) is 64.0 Å². The van der Waals surface area contributed by atoms with Crippen molar-refractivity contribution in [3.8, 4) is 0 Å². The monoisotopic (exact) mass is 259 g/mol. The number of aromatic nitrogens is 2. The predicted octanol–water partition coefficient (Wildman–Crippen LogP) is 0.895. The molecule has 1 heterocycles. The van der Waals surface area contributed by atoms with Crippen LogP contribution in [0.25, 0.3) is 0 Å². The van der Waals surface area contributed by atoms with E-state index < -0.39 is 9.84 Å². The van der Waals surface area contributed by atoms with Gasteiger partial charge in [-0.25, -0.2) is 8.42 Å². The minimum atomic E-state index is -2.92. The third-order valence-corrected chi connectivity index (χ3v) is 3.49. The molecule has 0 aliphatic heterocycles. The number of rotatable bonds is 7. The highest BCUT2D eigenvalue weighted by molar-refractivity contribution is 7.90. The third kappa shape index (κ3) is 5.32. The Labute approximate surface area is 103 Å². The smallest absolute Gasteiger partial charge is 0.147 e. The van der Waals surface area contributed by atoms with Gasteiger partial charge in [-0.3, -0.25) is 4.68 Å². The van der Waals surface area contributed by atoms with Crippen LogP contribution in [0, 0.1) is 0 Å². The SMILES string of the molecule is CCCNC(CCS(C)(=O)=O)c1ccn(C)n1. The summed E-state index contributed by atoms with van der Waals surface area (Å²) in [5.74, 6) is 0.185. The van der Waals surface area contributed by atoms with Gasteiger partial charge in [0.1, 0.15) is 9.84 Å². The summed E-state index contributed by atoms with van der Waals surface area (Å²) in [6.07, 6.45) is 4.72. The molecule has 0 aliphatic carbocycles. The minimum Gasteiger partial charge on any atom is -0.309 e. The van der Waals surface area contributed by atoms with Crippen molar-refractivity contribution in [2.24, 2.45) is 7.05 Å². The molecule has 0 amide bonds. The van der Waals surface area contributed by atoms with Gasteiger partial charge in [-0.15, -0.1) is 0 Å². The molecule has 6 heteroatoms. The van der Waals surface area contributed by atoms with Crippen LogP contribution in [0.2, 0.25) is 0 Å². The highest BCUT2D eigenvalue weighted by Gasteiger charge is 2.15. The van der Waals surface area contributed by atoms with Crippen LogP contribution in [-0.4, -0.2) is 36.8 Å². The summed E-state index contributed by atoms with van der Waals surface area (Å²) in [7, 11) is -1.06. The predicted molar refractivity (Wildman–Crippen MR) is 68.6 cm³/mol. The van der Waals surface area contributed by atoms with E-state index in [1.807, 2.05) is 19.3 Å². The quantitative estimate of drug-likeness (QED) is 0.790. The van der Waals surface area contributed by atoms with Crippen LogP contribution in [0.4, 0.5) is 0 Å². The van der Waals surface area contributed by atoms with Gasteiger partial charge in [0.2, 0.25) is 0 Å². The second-order valence-electron chi connectivity index (χ2n) is 4.34. The maximum atomic E-state index is 11.2. The zero-order chi connectivity index (χ0) is 12.9. The Morgan fingerprint density at radius 2 is 2.24 bits per heavy atom. The first kappa shape index (κ1) is 14.2.